The quantitative estimate of drug-likeness (QED) is 0.782. The first-order chi connectivity index (χ1) is 8.35. The molecule has 18 heavy (non-hydrogen) atoms. The van der Waals surface area contributed by atoms with Gasteiger partial charge in [-0.2, -0.15) is 0 Å². The summed E-state index contributed by atoms with van der Waals surface area (Å²) in [7, 11) is 0. The van der Waals surface area contributed by atoms with E-state index in [1.807, 2.05) is 20.8 Å². The number of benzene rings is 1. The maximum atomic E-state index is 13.0. The molecule has 1 aromatic carbocycles. The predicted molar refractivity (Wildman–Crippen MR) is 66.2 cm³/mol. The van der Waals surface area contributed by atoms with Gasteiger partial charge in [-0.05, 0) is 45.0 Å². The van der Waals surface area contributed by atoms with E-state index in [0.29, 0.717) is 11.0 Å². The van der Waals surface area contributed by atoms with Crippen molar-refractivity contribution in [3.63, 3.8) is 0 Å². The molecule has 2 rings (SSSR count). The number of halogens is 1. The summed E-state index contributed by atoms with van der Waals surface area (Å²) in [6, 6.07) is 5.67. The van der Waals surface area contributed by atoms with Crippen LogP contribution in [-0.4, -0.2) is 18.0 Å². The third-order valence-corrected chi connectivity index (χ3v) is 2.39. The minimum Gasteiger partial charge on any atom is -0.453 e. The number of furan rings is 1. The van der Waals surface area contributed by atoms with Crippen molar-refractivity contribution in [1.29, 1.82) is 0 Å². The SMILES string of the molecule is CC(C)(C)OCC(=O)c1cc2cc(F)ccc2o1. The number of carbonyl (C=O) groups is 1. The number of Topliss-reactive ketones (excluding diaryl/α,β-unsaturated/α-hetero) is 1. The molecule has 96 valence electrons. The predicted octanol–water partition coefficient (Wildman–Crippen LogP) is 3.57. The van der Waals surface area contributed by atoms with Crippen molar-refractivity contribution in [3.05, 3.63) is 35.8 Å². The summed E-state index contributed by atoms with van der Waals surface area (Å²) in [5, 5.41) is 0.578. The standard InChI is InChI=1S/C14H15FO3/c1-14(2,3)17-8-11(16)13-7-9-6-10(15)4-5-12(9)18-13/h4-7H,8H2,1-3H3. The molecule has 0 spiro atoms. The van der Waals surface area contributed by atoms with Crippen molar-refractivity contribution in [2.75, 3.05) is 6.61 Å². The highest BCUT2D eigenvalue weighted by Gasteiger charge is 2.17. The van der Waals surface area contributed by atoms with Crippen LogP contribution in [0.2, 0.25) is 0 Å². The summed E-state index contributed by atoms with van der Waals surface area (Å²) in [4.78, 5) is 11.8. The van der Waals surface area contributed by atoms with Crippen LogP contribution in [0.25, 0.3) is 11.0 Å². The van der Waals surface area contributed by atoms with Gasteiger partial charge in [-0.25, -0.2) is 4.39 Å². The molecule has 0 N–H and O–H groups in total. The van der Waals surface area contributed by atoms with E-state index in [2.05, 4.69) is 0 Å². The van der Waals surface area contributed by atoms with Gasteiger partial charge in [-0.15, -0.1) is 0 Å². The Hall–Kier alpha value is -1.68. The molecule has 0 saturated heterocycles. The van der Waals surface area contributed by atoms with Crippen molar-refractivity contribution < 1.29 is 18.3 Å². The van der Waals surface area contributed by atoms with Gasteiger partial charge in [0.05, 0.1) is 5.60 Å². The second-order valence-electron chi connectivity index (χ2n) is 5.12. The number of ketones is 1. The highest BCUT2D eigenvalue weighted by atomic mass is 19.1. The van der Waals surface area contributed by atoms with Gasteiger partial charge in [0.1, 0.15) is 18.0 Å². The van der Waals surface area contributed by atoms with E-state index in [0.717, 1.165) is 0 Å². The smallest absolute Gasteiger partial charge is 0.223 e. The fraction of sp³-hybridized carbons (Fsp3) is 0.357. The Morgan fingerprint density at radius 1 is 1.33 bits per heavy atom. The van der Waals surface area contributed by atoms with Crippen molar-refractivity contribution in [2.45, 2.75) is 26.4 Å². The molecule has 0 radical (unpaired) electrons. The summed E-state index contributed by atoms with van der Waals surface area (Å²) in [6.45, 7) is 5.56. The van der Waals surface area contributed by atoms with Crippen LogP contribution >= 0.6 is 0 Å². The Kier molecular flexibility index (Phi) is 3.22. The molecular formula is C14H15FO3. The van der Waals surface area contributed by atoms with Crippen molar-refractivity contribution >= 4 is 16.8 Å². The van der Waals surface area contributed by atoms with Gasteiger partial charge in [-0.1, -0.05) is 0 Å². The summed E-state index contributed by atoms with van der Waals surface area (Å²) in [6.07, 6.45) is 0. The highest BCUT2D eigenvalue weighted by molar-refractivity contribution is 5.98. The largest absolute Gasteiger partial charge is 0.453 e. The second kappa shape index (κ2) is 4.53. The molecule has 0 aliphatic carbocycles. The monoisotopic (exact) mass is 250 g/mol. The Bertz CT molecular complexity index is 578. The molecule has 0 atom stereocenters. The molecule has 0 bridgehead atoms. The zero-order chi connectivity index (χ0) is 13.3. The molecular weight excluding hydrogens is 235 g/mol. The zero-order valence-corrected chi connectivity index (χ0v) is 10.6. The molecule has 2 aromatic rings. The third-order valence-electron chi connectivity index (χ3n) is 2.39. The van der Waals surface area contributed by atoms with Crippen LogP contribution in [0, 0.1) is 5.82 Å². The first-order valence-corrected chi connectivity index (χ1v) is 5.71. The van der Waals surface area contributed by atoms with Crippen LogP contribution < -0.4 is 0 Å². The molecule has 0 amide bonds. The van der Waals surface area contributed by atoms with Crippen LogP contribution in [-0.2, 0) is 4.74 Å². The van der Waals surface area contributed by atoms with Crippen molar-refractivity contribution in [1.82, 2.24) is 0 Å². The van der Waals surface area contributed by atoms with E-state index >= 15 is 0 Å². The fourth-order valence-electron chi connectivity index (χ4n) is 1.50. The zero-order valence-electron chi connectivity index (χ0n) is 10.6. The number of hydrogen-bond acceptors (Lipinski definition) is 3. The Morgan fingerprint density at radius 3 is 2.72 bits per heavy atom. The maximum absolute atomic E-state index is 13.0. The van der Waals surface area contributed by atoms with Gasteiger partial charge in [0.25, 0.3) is 0 Å². The molecule has 1 heterocycles. The minimum atomic E-state index is -0.381. The number of carbonyl (C=O) groups excluding carboxylic acids is 1. The van der Waals surface area contributed by atoms with Crippen LogP contribution in [0.5, 0.6) is 0 Å². The van der Waals surface area contributed by atoms with E-state index < -0.39 is 0 Å². The average molecular weight is 250 g/mol. The van der Waals surface area contributed by atoms with Crippen molar-refractivity contribution in [3.8, 4) is 0 Å². The minimum absolute atomic E-state index is 0.0498. The normalized spacial score (nSPS) is 12.0. The maximum Gasteiger partial charge on any atom is 0.223 e. The van der Waals surface area contributed by atoms with E-state index in [-0.39, 0.29) is 29.6 Å². The Balaban J connectivity index is 2.18. The van der Waals surface area contributed by atoms with Crippen LogP contribution in [0.4, 0.5) is 4.39 Å². The lowest BCUT2D eigenvalue weighted by Gasteiger charge is -2.18. The van der Waals surface area contributed by atoms with Crippen LogP contribution in [0.3, 0.4) is 0 Å². The highest BCUT2D eigenvalue weighted by Crippen LogP contribution is 2.21. The lowest BCUT2D eigenvalue weighted by atomic mass is 10.2. The van der Waals surface area contributed by atoms with Gasteiger partial charge in [-0.3, -0.25) is 4.79 Å². The van der Waals surface area contributed by atoms with Gasteiger partial charge >= 0.3 is 0 Å². The first-order valence-electron chi connectivity index (χ1n) is 5.71. The average Bonchev–Trinajstić information content (AvgIpc) is 2.67. The number of fused-ring (bicyclic) bond motifs is 1. The van der Waals surface area contributed by atoms with Gasteiger partial charge < -0.3 is 9.15 Å². The fourth-order valence-corrected chi connectivity index (χ4v) is 1.50. The lowest BCUT2D eigenvalue weighted by molar-refractivity contribution is 0.00213. The molecule has 4 heteroatoms. The van der Waals surface area contributed by atoms with E-state index in [1.54, 1.807) is 0 Å². The number of rotatable bonds is 3. The Labute approximate surface area is 105 Å². The molecule has 0 fully saturated rings. The van der Waals surface area contributed by atoms with Gasteiger partial charge in [0, 0.05) is 5.39 Å². The molecule has 0 aliphatic rings. The third kappa shape index (κ3) is 2.96. The number of ether oxygens (including phenoxy) is 1. The van der Waals surface area contributed by atoms with E-state index in [9.17, 15) is 9.18 Å². The summed E-state index contributed by atoms with van der Waals surface area (Å²) in [5.41, 5.74) is 0.115. The second-order valence-corrected chi connectivity index (χ2v) is 5.12. The van der Waals surface area contributed by atoms with Crippen LogP contribution in [0.15, 0.2) is 28.7 Å². The van der Waals surface area contributed by atoms with Gasteiger partial charge in [0.15, 0.2) is 5.76 Å². The summed E-state index contributed by atoms with van der Waals surface area (Å²) in [5.74, 6) is -0.408. The molecule has 3 nitrogen and oxygen atoms in total. The van der Waals surface area contributed by atoms with Crippen LogP contribution in [0.1, 0.15) is 31.3 Å². The molecule has 0 aliphatic heterocycles. The topological polar surface area (TPSA) is 39.4 Å². The summed E-state index contributed by atoms with van der Waals surface area (Å²) >= 11 is 0. The molecule has 0 unspecified atom stereocenters. The molecule has 0 saturated carbocycles. The first kappa shape index (κ1) is 12.8. The number of hydrogen-bond donors (Lipinski definition) is 0. The summed E-state index contributed by atoms with van der Waals surface area (Å²) < 4.78 is 23.7. The van der Waals surface area contributed by atoms with E-state index in [4.69, 9.17) is 9.15 Å². The lowest BCUT2D eigenvalue weighted by Crippen LogP contribution is -2.23. The van der Waals surface area contributed by atoms with Crippen molar-refractivity contribution in [2.24, 2.45) is 0 Å². The van der Waals surface area contributed by atoms with E-state index in [1.165, 1.54) is 24.3 Å². The Morgan fingerprint density at radius 2 is 2.06 bits per heavy atom. The van der Waals surface area contributed by atoms with Gasteiger partial charge in [0.2, 0.25) is 5.78 Å². The molecule has 1 aromatic heterocycles.